The van der Waals surface area contributed by atoms with Crippen molar-refractivity contribution in [1.82, 2.24) is 5.32 Å². The monoisotopic (exact) mass is 317 g/mol. The molecule has 0 aromatic heterocycles. The molecular weight excluding hydrogens is 298 g/mol. The first-order valence-electron chi connectivity index (χ1n) is 6.46. The third-order valence-corrected chi connectivity index (χ3v) is 5.11. The fourth-order valence-electron chi connectivity index (χ4n) is 1.60. The van der Waals surface area contributed by atoms with Gasteiger partial charge in [0, 0.05) is 11.6 Å². The second-order valence-corrected chi connectivity index (χ2v) is 7.98. The van der Waals surface area contributed by atoms with Gasteiger partial charge in [-0.05, 0) is 30.5 Å². The van der Waals surface area contributed by atoms with E-state index >= 15 is 0 Å². The van der Waals surface area contributed by atoms with Crippen LogP contribution < -0.4 is 5.32 Å². The van der Waals surface area contributed by atoms with Gasteiger partial charge in [0.05, 0.1) is 5.75 Å². The Morgan fingerprint density at radius 2 is 1.95 bits per heavy atom. The molecule has 0 bridgehead atoms. The zero-order chi connectivity index (χ0) is 15.3. The molecule has 0 saturated heterocycles. The number of benzene rings is 1. The lowest BCUT2D eigenvalue weighted by Gasteiger charge is -2.14. The molecule has 0 saturated carbocycles. The van der Waals surface area contributed by atoms with Crippen molar-refractivity contribution in [2.75, 3.05) is 6.54 Å². The molecule has 1 aromatic rings. The van der Waals surface area contributed by atoms with Crippen molar-refractivity contribution in [2.24, 2.45) is 5.92 Å². The zero-order valence-electron chi connectivity index (χ0n) is 11.9. The van der Waals surface area contributed by atoms with Crippen LogP contribution in [0.4, 0.5) is 0 Å². The first kappa shape index (κ1) is 17.0. The SMILES string of the molecule is CC(C)CNC(=O)C(C)S(=O)(=O)Cc1cccc(Cl)c1. The number of carbonyl (C=O) groups excluding carboxylic acids is 1. The van der Waals surface area contributed by atoms with Crippen LogP contribution in [0.5, 0.6) is 0 Å². The second-order valence-electron chi connectivity index (χ2n) is 5.22. The highest BCUT2D eigenvalue weighted by atomic mass is 35.5. The van der Waals surface area contributed by atoms with Gasteiger partial charge in [-0.2, -0.15) is 0 Å². The summed E-state index contributed by atoms with van der Waals surface area (Å²) < 4.78 is 24.4. The van der Waals surface area contributed by atoms with Crippen LogP contribution in [0.25, 0.3) is 0 Å². The predicted octanol–water partition coefficient (Wildman–Crippen LogP) is 2.42. The third kappa shape index (κ3) is 5.13. The molecule has 0 heterocycles. The summed E-state index contributed by atoms with van der Waals surface area (Å²) in [5.74, 6) is -0.369. The van der Waals surface area contributed by atoms with Gasteiger partial charge in [0.25, 0.3) is 0 Å². The number of carbonyl (C=O) groups is 1. The Morgan fingerprint density at radius 1 is 1.30 bits per heavy atom. The summed E-state index contributed by atoms with van der Waals surface area (Å²) in [6.45, 7) is 5.78. The summed E-state index contributed by atoms with van der Waals surface area (Å²) in [5.41, 5.74) is 0.584. The molecule has 0 fully saturated rings. The summed E-state index contributed by atoms with van der Waals surface area (Å²) in [6, 6.07) is 6.65. The van der Waals surface area contributed by atoms with Crippen LogP contribution in [0.1, 0.15) is 26.3 Å². The standard InChI is InChI=1S/C14H20ClNO3S/c1-10(2)8-16-14(17)11(3)20(18,19)9-12-5-4-6-13(15)7-12/h4-7,10-11H,8-9H2,1-3H3,(H,16,17). The average Bonchev–Trinajstić information content (AvgIpc) is 2.34. The maximum absolute atomic E-state index is 12.2. The lowest BCUT2D eigenvalue weighted by Crippen LogP contribution is -2.39. The van der Waals surface area contributed by atoms with Crippen LogP contribution in [0.15, 0.2) is 24.3 Å². The summed E-state index contributed by atoms with van der Waals surface area (Å²) >= 11 is 5.83. The van der Waals surface area contributed by atoms with Gasteiger partial charge < -0.3 is 5.32 Å². The predicted molar refractivity (Wildman–Crippen MR) is 81.4 cm³/mol. The highest BCUT2D eigenvalue weighted by Crippen LogP contribution is 2.16. The smallest absolute Gasteiger partial charge is 0.238 e. The Balaban J connectivity index is 2.75. The van der Waals surface area contributed by atoms with Gasteiger partial charge in [-0.1, -0.05) is 37.6 Å². The molecule has 0 aliphatic heterocycles. The maximum Gasteiger partial charge on any atom is 0.238 e. The molecule has 0 radical (unpaired) electrons. The van der Waals surface area contributed by atoms with Crippen LogP contribution in [0.3, 0.4) is 0 Å². The number of hydrogen-bond donors (Lipinski definition) is 1. The van der Waals surface area contributed by atoms with Crippen molar-refractivity contribution in [3.63, 3.8) is 0 Å². The van der Waals surface area contributed by atoms with Crippen molar-refractivity contribution in [3.8, 4) is 0 Å². The number of nitrogens with one attached hydrogen (secondary N) is 1. The average molecular weight is 318 g/mol. The van der Waals surface area contributed by atoms with Gasteiger partial charge in [-0.3, -0.25) is 4.79 Å². The van der Waals surface area contributed by atoms with Gasteiger partial charge in [-0.15, -0.1) is 0 Å². The van der Waals surface area contributed by atoms with E-state index in [0.29, 0.717) is 17.1 Å². The summed E-state index contributed by atoms with van der Waals surface area (Å²) in [6.07, 6.45) is 0. The van der Waals surface area contributed by atoms with E-state index in [0.717, 1.165) is 0 Å². The quantitative estimate of drug-likeness (QED) is 0.876. The largest absolute Gasteiger partial charge is 0.355 e. The molecule has 1 aromatic carbocycles. The molecule has 1 atom stereocenters. The Morgan fingerprint density at radius 3 is 2.50 bits per heavy atom. The van der Waals surface area contributed by atoms with Gasteiger partial charge in [0.2, 0.25) is 5.91 Å². The van der Waals surface area contributed by atoms with Crippen LogP contribution in [0, 0.1) is 5.92 Å². The van der Waals surface area contributed by atoms with E-state index in [1.807, 2.05) is 13.8 Å². The molecule has 112 valence electrons. The lowest BCUT2D eigenvalue weighted by atomic mass is 10.2. The first-order valence-corrected chi connectivity index (χ1v) is 8.55. The molecule has 0 aliphatic rings. The summed E-state index contributed by atoms with van der Waals surface area (Å²) in [7, 11) is -3.55. The zero-order valence-corrected chi connectivity index (χ0v) is 13.5. The van der Waals surface area contributed by atoms with Crippen LogP contribution >= 0.6 is 11.6 Å². The molecule has 6 heteroatoms. The molecule has 1 amide bonds. The van der Waals surface area contributed by atoms with Gasteiger partial charge in [-0.25, -0.2) is 8.42 Å². The van der Waals surface area contributed by atoms with E-state index < -0.39 is 21.0 Å². The van der Waals surface area contributed by atoms with E-state index in [2.05, 4.69) is 5.32 Å². The summed E-state index contributed by atoms with van der Waals surface area (Å²) in [5, 5.41) is 2.05. The minimum absolute atomic E-state index is 0.191. The van der Waals surface area contributed by atoms with E-state index in [9.17, 15) is 13.2 Å². The van der Waals surface area contributed by atoms with Crippen molar-refractivity contribution in [2.45, 2.75) is 31.8 Å². The number of hydrogen-bond acceptors (Lipinski definition) is 3. The van der Waals surface area contributed by atoms with Gasteiger partial charge >= 0.3 is 0 Å². The minimum Gasteiger partial charge on any atom is -0.355 e. The fourth-order valence-corrected chi connectivity index (χ4v) is 3.11. The summed E-state index contributed by atoms with van der Waals surface area (Å²) in [4.78, 5) is 11.8. The molecule has 4 nitrogen and oxygen atoms in total. The molecule has 0 spiro atoms. The van der Waals surface area contributed by atoms with E-state index in [1.165, 1.54) is 6.92 Å². The highest BCUT2D eigenvalue weighted by molar-refractivity contribution is 7.92. The van der Waals surface area contributed by atoms with Crippen molar-refractivity contribution >= 4 is 27.3 Å². The molecule has 1 N–H and O–H groups in total. The second kappa shape index (κ2) is 7.09. The molecular formula is C14H20ClNO3S. The lowest BCUT2D eigenvalue weighted by molar-refractivity contribution is -0.120. The molecule has 20 heavy (non-hydrogen) atoms. The van der Waals surface area contributed by atoms with Gasteiger partial charge in [0.15, 0.2) is 9.84 Å². The minimum atomic E-state index is -3.55. The Hall–Kier alpha value is -1.07. The number of amides is 1. The molecule has 1 unspecified atom stereocenters. The van der Waals surface area contributed by atoms with E-state index in [-0.39, 0.29) is 11.7 Å². The van der Waals surface area contributed by atoms with Crippen LogP contribution in [-0.4, -0.2) is 26.1 Å². The Labute approximate surface area is 125 Å². The van der Waals surface area contributed by atoms with Crippen LogP contribution in [-0.2, 0) is 20.4 Å². The number of halogens is 1. The van der Waals surface area contributed by atoms with Crippen LogP contribution in [0.2, 0.25) is 5.02 Å². The molecule has 0 aliphatic carbocycles. The topological polar surface area (TPSA) is 63.2 Å². The van der Waals surface area contributed by atoms with E-state index in [1.54, 1.807) is 24.3 Å². The Bertz CT molecular complexity index is 570. The van der Waals surface area contributed by atoms with E-state index in [4.69, 9.17) is 11.6 Å². The molecule has 1 rings (SSSR count). The highest BCUT2D eigenvalue weighted by Gasteiger charge is 2.28. The van der Waals surface area contributed by atoms with Crippen molar-refractivity contribution in [1.29, 1.82) is 0 Å². The normalized spacial score (nSPS) is 13.2. The number of sulfone groups is 1. The number of rotatable bonds is 6. The van der Waals surface area contributed by atoms with Crippen molar-refractivity contribution in [3.05, 3.63) is 34.9 Å². The van der Waals surface area contributed by atoms with Crippen molar-refractivity contribution < 1.29 is 13.2 Å². The maximum atomic E-state index is 12.2. The van der Waals surface area contributed by atoms with Gasteiger partial charge in [0.1, 0.15) is 5.25 Å². The Kier molecular flexibility index (Phi) is 6.02. The fraction of sp³-hybridized carbons (Fsp3) is 0.500. The third-order valence-electron chi connectivity index (χ3n) is 2.85. The first-order chi connectivity index (χ1) is 9.22.